The van der Waals surface area contributed by atoms with E-state index < -0.39 is 5.41 Å². The Hall–Kier alpha value is -7.40. The summed E-state index contributed by atoms with van der Waals surface area (Å²) in [6.07, 6.45) is 6.80. The molecule has 2 aliphatic rings. The number of nitriles is 1. The summed E-state index contributed by atoms with van der Waals surface area (Å²) in [5.41, 5.74) is 19.3. The lowest BCUT2D eigenvalue weighted by molar-refractivity contribution is 0.794. The standard InChI is InChI=1S/C49H28N4/c1-51-40-23-39(29-53-30-40)35-16-12-33(13-17-35)37-19-21-44-43-20-18-36(32-10-14-34(15-11-32)38-22-31(26-50)27-52-28-38)24-47(43)49(48(44)25-37)45-8-4-2-6-41(45)42-7-3-5-9-46(42)49/h2-25,27-30H. The van der Waals surface area contributed by atoms with Crippen molar-refractivity contribution >= 4 is 5.69 Å². The first-order chi connectivity index (χ1) is 26.1. The van der Waals surface area contributed by atoms with Crippen LogP contribution in [0, 0.1) is 17.9 Å². The Morgan fingerprint density at radius 2 is 0.868 bits per heavy atom. The third kappa shape index (κ3) is 4.60. The van der Waals surface area contributed by atoms with E-state index in [0.29, 0.717) is 11.3 Å². The van der Waals surface area contributed by atoms with Crippen LogP contribution in [-0.2, 0) is 5.41 Å². The molecule has 8 aromatic rings. The Morgan fingerprint density at radius 1 is 0.434 bits per heavy atom. The molecule has 0 amide bonds. The number of pyridine rings is 2. The normalized spacial score (nSPS) is 12.6. The van der Waals surface area contributed by atoms with Crippen molar-refractivity contribution in [3.63, 3.8) is 0 Å². The molecule has 0 fully saturated rings. The summed E-state index contributed by atoms with van der Waals surface area (Å²) in [5.74, 6) is 0. The largest absolute Gasteiger partial charge is 0.276 e. The van der Waals surface area contributed by atoms with Crippen LogP contribution in [0.25, 0.3) is 71.6 Å². The summed E-state index contributed by atoms with van der Waals surface area (Å²) in [6, 6.07) is 54.8. The first-order valence-corrected chi connectivity index (χ1v) is 17.5. The Labute approximate surface area is 307 Å². The van der Waals surface area contributed by atoms with E-state index in [0.717, 1.165) is 44.5 Å². The quantitative estimate of drug-likeness (QED) is 0.175. The van der Waals surface area contributed by atoms with Gasteiger partial charge in [0, 0.05) is 30.4 Å². The van der Waals surface area contributed by atoms with Crippen molar-refractivity contribution < 1.29 is 0 Å². The van der Waals surface area contributed by atoms with Crippen LogP contribution in [0.3, 0.4) is 0 Å². The zero-order valence-corrected chi connectivity index (χ0v) is 28.5. The fourth-order valence-corrected chi connectivity index (χ4v) is 8.51. The molecule has 0 atom stereocenters. The van der Waals surface area contributed by atoms with Gasteiger partial charge in [0.05, 0.1) is 17.6 Å². The molecule has 2 heterocycles. The molecule has 0 bridgehead atoms. The molecule has 4 heteroatoms. The second-order valence-corrected chi connectivity index (χ2v) is 13.6. The highest BCUT2D eigenvalue weighted by Crippen LogP contribution is 2.63. The summed E-state index contributed by atoms with van der Waals surface area (Å²) >= 11 is 0. The maximum absolute atomic E-state index is 9.39. The maximum Gasteiger partial charge on any atom is 0.205 e. The van der Waals surface area contributed by atoms with Gasteiger partial charge in [0.1, 0.15) is 6.07 Å². The van der Waals surface area contributed by atoms with Crippen molar-refractivity contribution in [1.29, 1.82) is 5.26 Å². The summed E-state index contributed by atoms with van der Waals surface area (Å²) < 4.78 is 0. The van der Waals surface area contributed by atoms with Crippen LogP contribution in [-0.4, -0.2) is 9.97 Å². The van der Waals surface area contributed by atoms with Gasteiger partial charge in [-0.1, -0.05) is 121 Å². The number of hydrogen-bond donors (Lipinski definition) is 0. The fraction of sp³-hybridized carbons (Fsp3) is 0.0204. The Balaban J connectivity index is 1.13. The van der Waals surface area contributed by atoms with Crippen LogP contribution in [0.4, 0.5) is 5.69 Å². The van der Waals surface area contributed by atoms with E-state index in [2.05, 4.69) is 154 Å². The number of aromatic nitrogens is 2. The van der Waals surface area contributed by atoms with Gasteiger partial charge in [-0.15, -0.1) is 0 Å². The highest BCUT2D eigenvalue weighted by atomic mass is 14.7. The van der Waals surface area contributed by atoms with E-state index >= 15 is 0 Å². The SMILES string of the molecule is [C-]#[N+]c1cncc(-c2ccc(-c3ccc4c(c3)C3(c5ccccc5-c5ccccc53)c3cc(-c5ccc(-c6cncc(C#N)c6)cc5)ccc3-4)cc2)c1. The van der Waals surface area contributed by atoms with Crippen LogP contribution >= 0.6 is 0 Å². The topological polar surface area (TPSA) is 53.9 Å². The van der Waals surface area contributed by atoms with Crippen molar-refractivity contribution in [1.82, 2.24) is 9.97 Å². The third-order valence-corrected chi connectivity index (χ3v) is 10.9. The van der Waals surface area contributed by atoms with E-state index in [1.807, 2.05) is 18.3 Å². The van der Waals surface area contributed by atoms with Crippen molar-refractivity contribution in [3.05, 3.63) is 210 Å². The predicted molar refractivity (Wildman–Crippen MR) is 211 cm³/mol. The molecule has 6 aromatic carbocycles. The van der Waals surface area contributed by atoms with Gasteiger partial charge in [0.25, 0.3) is 0 Å². The zero-order valence-electron chi connectivity index (χ0n) is 28.5. The molecular formula is C49H28N4. The third-order valence-electron chi connectivity index (χ3n) is 10.9. The highest BCUT2D eigenvalue weighted by Gasteiger charge is 2.51. The summed E-state index contributed by atoms with van der Waals surface area (Å²) in [4.78, 5) is 12.1. The van der Waals surface area contributed by atoms with Crippen LogP contribution < -0.4 is 0 Å². The molecule has 0 saturated heterocycles. The van der Waals surface area contributed by atoms with E-state index in [4.69, 9.17) is 6.57 Å². The lowest BCUT2D eigenvalue weighted by Crippen LogP contribution is -2.26. The van der Waals surface area contributed by atoms with E-state index in [1.54, 1.807) is 18.6 Å². The van der Waals surface area contributed by atoms with Gasteiger partial charge in [0.2, 0.25) is 5.69 Å². The van der Waals surface area contributed by atoms with Gasteiger partial charge in [-0.25, -0.2) is 4.85 Å². The van der Waals surface area contributed by atoms with Crippen LogP contribution in [0.1, 0.15) is 27.8 Å². The molecule has 10 rings (SSSR count). The van der Waals surface area contributed by atoms with Crippen LogP contribution in [0.15, 0.2) is 170 Å². The number of fused-ring (bicyclic) bond motifs is 10. The summed E-state index contributed by atoms with van der Waals surface area (Å²) in [7, 11) is 0. The Kier molecular flexibility index (Phi) is 6.80. The van der Waals surface area contributed by atoms with Gasteiger partial charge in [-0.3, -0.25) is 9.97 Å². The van der Waals surface area contributed by atoms with Crippen molar-refractivity contribution in [2.45, 2.75) is 5.41 Å². The van der Waals surface area contributed by atoms with Gasteiger partial charge >= 0.3 is 0 Å². The molecule has 2 aliphatic carbocycles. The van der Waals surface area contributed by atoms with Crippen LogP contribution in [0.5, 0.6) is 0 Å². The van der Waals surface area contributed by atoms with E-state index in [-0.39, 0.29) is 0 Å². The minimum absolute atomic E-state index is 0.487. The van der Waals surface area contributed by atoms with Gasteiger partial charge in [-0.2, -0.15) is 5.26 Å². The first-order valence-electron chi connectivity index (χ1n) is 17.5. The number of hydrogen-bond acceptors (Lipinski definition) is 3. The molecule has 0 N–H and O–H groups in total. The Bertz CT molecular complexity index is 2660. The highest BCUT2D eigenvalue weighted by molar-refractivity contribution is 5.97. The lowest BCUT2D eigenvalue weighted by Gasteiger charge is -2.31. The average molecular weight is 673 g/mol. The van der Waals surface area contributed by atoms with Crippen molar-refractivity contribution in [2.75, 3.05) is 0 Å². The number of nitrogens with zero attached hydrogens (tertiary/aromatic N) is 4. The monoisotopic (exact) mass is 672 g/mol. The van der Waals surface area contributed by atoms with Gasteiger partial charge in [-0.05, 0) is 108 Å². The van der Waals surface area contributed by atoms with Gasteiger partial charge < -0.3 is 0 Å². The number of benzene rings is 6. The molecule has 2 aromatic heterocycles. The van der Waals surface area contributed by atoms with Crippen LogP contribution in [0.2, 0.25) is 0 Å². The molecule has 0 radical (unpaired) electrons. The Morgan fingerprint density at radius 3 is 1.38 bits per heavy atom. The lowest BCUT2D eigenvalue weighted by atomic mass is 9.70. The second kappa shape index (κ2) is 11.8. The minimum atomic E-state index is -0.487. The summed E-state index contributed by atoms with van der Waals surface area (Å²) in [6.45, 7) is 7.40. The predicted octanol–water partition coefficient (Wildman–Crippen LogP) is 11.9. The molecule has 53 heavy (non-hydrogen) atoms. The molecule has 0 unspecified atom stereocenters. The molecule has 4 nitrogen and oxygen atoms in total. The van der Waals surface area contributed by atoms with E-state index in [9.17, 15) is 5.26 Å². The first kappa shape index (κ1) is 30.4. The zero-order chi connectivity index (χ0) is 35.5. The molecule has 1 spiro atoms. The maximum atomic E-state index is 9.39. The summed E-state index contributed by atoms with van der Waals surface area (Å²) in [5, 5.41) is 9.39. The molecule has 0 aliphatic heterocycles. The molecule has 244 valence electrons. The smallest absolute Gasteiger partial charge is 0.205 e. The van der Waals surface area contributed by atoms with Crippen molar-refractivity contribution in [3.8, 4) is 72.8 Å². The molecular weight excluding hydrogens is 645 g/mol. The van der Waals surface area contributed by atoms with Crippen molar-refractivity contribution in [2.24, 2.45) is 0 Å². The second-order valence-electron chi connectivity index (χ2n) is 13.6. The average Bonchev–Trinajstić information content (AvgIpc) is 3.70. The van der Waals surface area contributed by atoms with Gasteiger partial charge in [0.15, 0.2) is 0 Å². The fourth-order valence-electron chi connectivity index (χ4n) is 8.51. The van der Waals surface area contributed by atoms with E-state index in [1.165, 1.54) is 44.5 Å². The molecule has 0 saturated carbocycles. The minimum Gasteiger partial charge on any atom is -0.276 e. The number of rotatable bonds is 4.